The largest absolute Gasteiger partial charge is 0.480 e. The number of carbonyl (C=O) groups is 2. The summed E-state index contributed by atoms with van der Waals surface area (Å²) in [5, 5.41) is 14.3. The molecule has 1 atom stereocenters. The Kier molecular flexibility index (Phi) is 6.89. The average molecular weight is 276 g/mol. The molecule has 6 nitrogen and oxygen atoms in total. The van der Waals surface area contributed by atoms with Gasteiger partial charge in [-0.1, -0.05) is 0 Å². The zero-order chi connectivity index (χ0) is 13.4. The lowest BCUT2D eigenvalue weighted by molar-refractivity contribution is -0.139. The van der Waals surface area contributed by atoms with Crippen LogP contribution in [0.5, 0.6) is 0 Å². The number of thioether (sulfide) groups is 1. The van der Waals surface area contributed by atoms with Crippen molar-refractivity contribution in [1.82, 2.24) is 10.6 Å². The van der Waals surface area contributed by atoms with E-state index in [1.54, 1.807) is 11.8 Å². The van der Waals surface area contributed by atoms with Crippen molar-refractivity contribution in [1.29, 1.82) is 0 Å². The van der Waals surface area contributed by atoms with Crippen LogP contribution in [0, 0.1) is 0 Å². The molecular formula is C11H20N2O4S. The number of aliphatic carboxylic acids is 1. The first-order valence-corrected chi connectivity index (χ1v) is 7.39. The number of amides is 2. The molecule has 0 aromatic heterocycles. The number of rotatable bonds is 6. The Bertz CT molecular complexity index is 282. The molecule has 0 unspecified atom stereocenters. The maximum absolute atomic E-state index is 11.7. The molecule has 3 N–H and O–H groups in total. The van der Waals surface area contributed by atoms with Crippen molar-refractivity contribution in [3.63, 3.8) is 0 Å². The minimum atomic E-state index is -0.994. The Balaban J connectivity index is 2.32. The van der Waals surface area contributed by atoms with E-state index in [1.807, 2.05) is 6.26 Å². The fourth-order valence-electron chi connectivity index (χ4n) is 1.72. The Hall–Kier alpha value is -0.950. The number of nitrogens with one attached hydrogen (secondary N) is 2. The van der Waals surface area contributed by atoms with Gasteiger partial charge in [0.2, 0.25) is 0 Å². The summed E-state index contributed by atoms with van der Waals surface area (Å²) in [5.74, 6) is -0.291. The topological polar surface area (TPSA) is 87.7 Å². The van der Waals surface area contributed by atoms with E-state index < -0.39 is 18.0 Å². The molecular weight excluding hydrogens is 256 g/mol. The van der Waals surface area contributed by atoms with Gasteiger partial charge in [0, 0.05) is 19.3 Å². The van der Waals surface area contributed by atoms with Crippen molar-refractivity contribution in [3.05, 3.63) is 0 Å². The number of urea groups is 1. The van der Waals surface area contributed by atoms with Crippen molar-refractivity contribution in [2.45, 2.75) is 31.3 Å². The highest BCUT2D eigenvalue weighted by atomic mass is 32.2. The number of carbonyl (C=O) groups excluding carboxylic acids is 1. The lowest BCUT2D eigenvalue weighted by Crippen LogP contribution is -2.50. The van der Waals surface area contributed by atoms with Crippen LogP contribution in [0.4, 0.5) is 4.79 Å². The van der Waals surface area contributed by atoms with Gasteiger partial charge in [-0.25, -0.2) is 9.59 Å². The van der Waals surface area contributed by atoms with E-state index in [0.717, 1.165) is 12.8 Å². The molecule has 1 rings (SSSR count). The molecule has 0 saturated carbocycles. The molecule has 1 saturated heterocycles. The van der Waals surface area contributed by atoms with Crippen LogP contribution in [0.25, 0.3) is 0 Å². The molecule has 0 aliphatic carbocycles. The van der Waals surface area contributed by atoms with Crippen molar-refractivity contribution in [2.75, 3.05) is 25.2 Å². The van der Waals surface area contributed by atoms with Gasteiger partial charge in [0.25, 0.3) is 0 Å². The molecule has 0 spiro atoms. The van der Waals surface area contributed by atoms with E-state index in [0.29, 0.717) is 25.4 Å². The van der Waals surface area contributed by atoms with Gasteiger partial charge < -0.3 is 20.5 Å². The highest BCUT2D eigenvalue weighted by Gasteiger charge is 2.21. The van der Waals surface area contributed by atoms with Gasteiger partial charge in [-0.05, 0) is 31.3 Å². The van der Waals surface area contributed by atoms with Gasteiger partial charge in [-0.2, -0.15) is 11.8 Å². The van der Waals surface area contributed by atoms with Crippen LogP contribution in [0.1, 0.15) is 19.3 Å². The Labute approximate surface area is 111 Å². The van der Waals surface area contributed by atoms with Gasteiger partial charge in [-0.15, -0.1) is 0 Å². The quantitative estimate of drug-likeness (QED) is 0.663. The highest BCUT2D eigenvalue weighted by molar-refractivity contribution is 7.98. The fourth-order valence-corrected chi connectivity index (χ4v) is 2.19. The molecule has 0 bridgehead atoms. The molecule has 1 fully saturated rings. The standard InChI is InChI=1S/C11H20N2O4S/c1-18-7-4-9(10(14)15)13-11(16)12-8-2-5-17-6-3-8/h8-9H,2-7H2,1H3,(H,14,15)(H2,12,13,16)/t9-/m1/s1. The van der Waals surface area contributed by atoms with Gasteiger partial charge in [-0.3, -0.25) is 0 Å². The number of hydrogen-bond donors (Lipinski definition) is 3. The molecule has 1 aliphatic rings. The maximum Gasteiger partial charge on any atom is 0.326 e. The van der Waals surface area contributed by atoms with Crippen molar-refractivity contribution >= 4 is 23.8 Å². The summed E-state index contributed by atoms with van der Waals surface area (Å²) in [4.78, 5) is 22.6. The lowest BCUT2D eigenvalue weighted by atomic mass is 10.1. The molecule has 1 aliphatic heterocycles. The number of carboxylic acid groups (broad SMARTS) is 1. The normalized spacial score (nSPS) is 18.1. The molecule has 0 radical (unpaired) electrons. The highest BCUT2D eigenvalue weighted by Crippen LogP contribution is 2.06. The number of hydrogen-bond acceptors (Lipinski definition) is 4. The van der Waals surface area contributed by atoms with Crippen LogP contribution in [-0.2, 0) is 9.53 Å². The predicted molar refractivity (Wildman–Crippen MR) is 69.9 cm³/mol. The van der Waals surface area contributed by atoms with Crippen LogP contribution in [0.2, 0.25) is 0 Å². The molecule has 0 aromatic rings. The van der Waals surface area contributed by atoms with E-state index >= 15 is 0 Å². The molecule has 1 heterocycles. The SMILES string of the molecule is CSCC[C@@H](NC(=O)NC1CCOCC1)C(=O)O. The van der Waals surface area contributed by atoms with E-state index in [2.05, 4.69) is 10.6 Å². The Morgan fingerprint density at radius 1 is 1.44 bits per heavy atom. The van der Waals surface area contributed by atoms with Crippen LogP contribution < -0.4 is 10.6 Å². The van der Waals surface area contributed by atoms with E-state index in [4.69, 9.17) is 9.84 Å². The lowest BCUT2D eigenvalue weighted by Gasteiger charge is -2.24. The zero-order valence-electron chi connectivity index (χ0n) is 10.5. The van der Waals surface area contributed by atoms with E-state index in [1.165, 1.54) is 0 Å². The van der Waals surface area contributed by atoms with Crippen LogP contribution >= 0.6 is 11.8 Å². The molecule has 104 valence electrons. The Morgan fingerprint density at radius 3 is 2.67 bits per heavy atom. The summed E-state index contributed by atoms with van der Waals surface area (Å²) in [7, 11) is 0. The number of ether oxygens (including phenoxy) is 1. The summed E-state index contributed by atoms with van der Waals surface area (Å²) < 4.78 is 5.19. The minimum Gasteiger partial charge on any atom is -0.480 e. The zero-order valence-corrected chi connectivity index (χ0v) is 11.3. The van der Waals surface area contributed by atoms with Crippen LogP contribution in [0.15, 0.2) is 0 Å². The third kappa shape index (κ3) is 5.59. The molecule has 7 heteroatoms. The maximum atomic E-state index is 11.7. The smallest absolute Gasteiger partial charge is 0.326 e. The molecule has 18 heavy (non-hydrogen) atoms. The summed E-state index contributed by atoms with van der Waals surface area (Å²) >= 11 is 1.56. The summed E-state index contributed by atoms with van der Waals surface area (Å²) in [6.45, 7) is 1.28. The second-order valence-corrected chi connectivity index (χ2v) is 5.16. The molecule has 0 aromatic carbocycles. The van der Waals surface area contributed by atoms with Crippen LogP contribution in [-0.4, -0.2) is 54.4 Å². The van der Waals surface area contributed by atoms with Gasteiger partial charge in [0.1, 0.15) is 6.04 Å². The van der Waals surface area contributed by atoms with Crippen molar-refractivity contribution < 1.29 is 19.4 Å². The van der Waals surface area contributed by atoms with E-state index in [-0.39, 0.29) is 6.04 Å². The van der Waals surface area contributed by atoms with Crippen molar-refractivity contribution in [3.8, 4) is 0 Å². The second-order valence-electron chi connectivity index (χ2n) is 4.18. The summed E-state index contributed by atoms with van der Waals surface area (Å²) in [6.07, 6.45) is 3.88. The van der Waals surface area contributed by atoms with E-state index in [9.17, 15) is 9.59 Å². The Morgan fingerprint density at radius 2 is 2.11 bits per heavy atom. The first-order valence-electron chi connectivity index (χ1n) is 6.00. The third-order valence-electron chi connectivity index (χ3n) is 2.77. The predicted octanol–water partition coefficient (Wildman–Crippen LogP) is 0.671. The third-order valence-corrected chi connectivity index (χ3v) is 3.41. The first kappa shape index (κ1) is 15.1. The summed E-state index contributed by atoms with van der Waals surface area (Å²) in [5.41, 5.74) is 0. The van der Waals surface area contributed by atoms with Gasteiger partial charge >= 0.3 is 12.0 Å². The summed E-state index contributed by atoms with van der Waals surface area (Å²) in [6, 6.07) is -1.15. The van der Waals surface area contributed by atoms with Gasteiger partial charge in [0.05, 0.1) is 0 Å². The number of carboxylic acids is 1. The van der Waals surface area contributed by atoms with Crippen molar-refractivity contribution in [2.24, 2.45) is 0 Å². The molecule has 2 amide bonds. The monoisotopic (exact) mass is 276 g/mol. The fraction of sp³-hybridized carbons (Fsp3) is 0.818. The minimum absolute atomic E-state index is 0.0775. The first-order chi connectivity index (χ1) is 8.63. The average Bonchev–Trinajstić information content (AvgIpc) is 2.35. The van der Waals surface area contributed by atoms with Gasteiger partial charge in [0.15, 0.2) is 0 Å². The second kappa shape index (κ2) is 8.20. The van der Waals surface area contributed by atoms with Crippen LogP contribution in [0.3, 0.4) is 0 Å².